The third kappa shape index (κ3) is 7.30. The number of rotatable bonds is 10. The molecule has 0 bridgehead atoms. The predicted molar refractivity (Wildman–Crippen MR) is 122 cm³/mol. The second kappa shape index (κ2) is 12.2. The highest BCUT2D eigenvalue weighted by atomic mass is 16.5. The SMILES string of the molecule is COCCNC(=O)CN1CCN(CC(=O)NCC2(c3ccccc3)CCCCC2)CC1. The fourth-order valence-electron chi connectivity index (χ4n) is 4.77. The Balaban J connectivity index is 1.40. The number of benzene rings is 1. The van der Waals surface area contributed by atoms with Crippen LogP contribution in [0.25, 0.3) is 0 Å². The molecule has 1 saturated heterocycles. The average Bonchev–Trinajstić information content (AvgIpc) is 2.80. The lowest BCUT2D eigenvalue weighted by Crippen LogP contribution is -2.52. The van der Waals surface area contributed by atoms with Crippen molar-refractivity contribution in [2.75, 3.05) is 66.1 Å². The topological polar surface area (TPSA) is 73.9 Å². The summed E-state index contributed by atoms with van der Waals surface area (Å²) < 4.78 is 4.95. The number of hydrogen-bond acceptors (Lipinski definition) is 5. The van der Waals surface area contributed by atoms with Gasteiger partial charge in [0.25, 0.3) is 0 Å². The standard InChI is InChI=1S/C24H38N4O3/c1-31-17-12-25-22(29)18-27-13-15-28(16-14-27)19-23(30)26-20-24(10-6-3-7-11-24)21-8-4-2-5-9-21/h2,4-5,8-9H,3,6-7,10-20H2,1H3,(H,25,29)(H,26,30). The number of methoxy groups -OCH3 is 1. The number of nitrogens with zero attached hydrogens (tertiary/aromatic N) is 2. The van der Waals surface area contributed by atoms with E-state index in [9.17, 15) is 9.59 Å². The van der Waals surface area contributed by atoms with Crippen molar-refractivity contribution in [3.63, 3.8) is 0 Å². The van der Waals surface area contributed by atoms with E-state index in [1.807, 2.05) is 0 Å². The van der Waals surface area contributed by atoms with Crippen molar-refractivity contribution >= 4 is 11.8 Å². The van der Waals surface area contributed by atoms with Gasteiger partial charge in [0.05, 0.1) is 19.7 Å². The molecule has 31 heavy (non-hydrogen) atoms. The summed E-state index contributed by atoms with van der Waals surface area (Å²) in [7, 11) is 1.62. The van der Waals surface area contributed by atoms with Gasteiger partial charge in [0.2, 0.25) is 11.8 Å². The zero-order chi connectivity index (χ0) is 21.9. The third-order valence-corrected chi connectivity index (χ3v) is 6.65. The molecule has 1 aromatic rings. The zero-order valence-corrected chi connectivity index (χ0v) is 18.9. The van der Waals surface area contributed by atoms with Crippen molar-refractivity contribution in [1.29, 1.82) is 0 Å². The van der Waals surface area contributed by atoms with E-state index in [-0.39, 0.29) is 17.2 Å². The Hall–Kier alpha value is -1.96. The minimum atomic E-state index is 0.0296. The van der Waals surface area contributed by atoms with Crippen LogP contribution in [0.15, 0.2) is 30.3 Å². The van der Waals surface area contributed by atoms with Crippen molar-refractivity contribution in [1.82, 2.24) is 20.4 Å². The Bertz CT molecular complexity index is 683. The van der Waals surface area contributed by atoms with Gasteiger partial charge in [-0.3, -0.25) is 19.4 Å². The van der Waals surface area contributed by atoms with Crippen LogP contribution in [0.5, 0.6) is 0 Å². The molecule has 0 spiro atoms. The van der Waals surface area contributed by atoms with E-state index >= 15 is 0 Å². The lowest BCUT2D eigenvalue weighted by molar-refractivity contribution is -0.125. The molecular formula is C24H38N4O3. The van der Waals surface area contributed by atoms with Crippen LogP contribution in [0.1, 0.15) is 37.7 Å². The van der Waals surface area contributed by atoms with Gasteiger partial charge in [-0.05, 0) is 18.4 Å². The Morgan fingerprint density at radius 2 is 1.48 bits per heavy atom. The maximum Gasteiger partial charge on any atom is 0.234 e. The number of amides is 2. The van der Waals surface area contributed by atoms with Crippen molar-refractivity contribution in [3.05, 3.63) is 35.9 Å². The molecule has 7 heteroatoms. The summed E-state index contributed by atoms with van der Waals surface area (Å²) in [6, 6.07) is 10.7. The van der Waals surface area contributed by atoms with Gasteiger partial charge in [-0.1, -0.05) is 49.6 Å². The molecule has 2 amide bonds. The first-order valence-corrected chi connectivity index (χ1v) is 11.6. The van der Waals surface area contributed by atoms with Gasteiger partial charge >= 0.3 is 0 Å². The highest BCUT2D eigenvalue weighted by Gasteiger charge is 2.34. The van der Waals surface area contributed by atoms with Gasteiger partial charge in [-0.25, -0.2) is 0 Å². The van der Waals surface area contributed by atoms with Crippen LogP contribution < -0.4 is 10.6 Å². The molecule has 0 unspecified atom stereocenters. The quantitative estimate of drug-likeness (QED) is 0.549. The van der Waals surface area contributed by atoms with Gasteiger partial charge in [-0.2, -0.15) is 0 Å². The Labute approximate surface area is 186 Å². The molecule has 0 atom stereocenters. The molecule has 2 aliphatic rings. The summed E-state index contributed by atoms with van der Waals surface area (Å²) in [6.45, 7) is 5.85. The van der Waals surface area contributed by atoms with Gasteiger partial charge in [0.1, 0.15) is 0 Å². The zero-order valence-electron chi connectivity index (χ0n) is 18.9. The van der Waals surface area contributed by atoms with Crippen molar-refractivity contribution in [2.45, 2.75) is 37.5 Å². The van der Waals surface area contributed by atoms with E-state index < -0.39 is 0 Å². The summed E-state index contributed by atoms with van der Waals surface area (Å²) >= 11 is 0. The first kappa shape index (κ1) is 23.7. The maximum atomic E-state index is 12.7. The predicted octanol–water partition coefficient (Wildman–Crippen LogP) is 1.38. The number of carbonyl (C=O) groups excluding carboxylic acids is 2. The highest BCUT2D eigenvalue weighted by Crippen LogP contribution is 2.38. The van der Waals surface area contributed by atoms with E-state index in [0.717, 1.165) is 45.6 Å². The minimum absolute atomic E-state index is 0.0296. The molecule has 1 heterocycles. The first-order valence-electron chi connectivity index (χ1n) is 11.6. The lowest BCUT2D eigenvalue weighted by atomic mass is 9.69. The number of carbonyl (C=O) groups is 2. The number of piperazine rings is 1. The molecule has 1 saturated carbocycles. The highest BCUT2D eigenvalue weighted by molar-refractivity contribution is 5.78. The van der Waals surface area contributed by atoms with Gasteiger partial charge in [0, 0.05) is 51.8 Å². The van der Waals surface area contributed by atoms with Gasteiger partial charge in [0.15, 0.2) is 0 Å². The normalized spacial score (nSPS) is 19.6. The van der Waals surface area contributed by atoms with Crippen LogP contribution in [0.2, 0.25) is 0 Å². The minimum Gasteiger partial charge on any atom is -0.383 e. The summed E-state index contributed by atoms with van der Waals surface area (Å²) in [5.41, 5.74) is 1.43. The van der Waals surface area contributed by atoms with Crippen LogP contribution >= 0.6 is 0 Å². The molecule has 7 nitrogen and oxygen atoms in total. The van der Waals surface area contributed by atoms with Gasteiger partial charge < -0.3 is 15.4 Å². The molecule has 2 fully saturated rings. The van der Waals surface area contributed by atoms with Crippen molar-refractivity contribution in [3.8, 4) is 0 Å². The molecule has 1 aromatic carbocycles. The Kier molecular flexibility index (Phi) is 9.31. The van der Waals surface area contributed by atoms with Crippen LogP contribution in [0.3, 0.4) is 0 Å². The monoisotopic (exact) mass is 430 g/mol. The van der Waals surface area contributed by atoms with Crippen LogP contribution in [0.4, 0.5) is 0 Å². The Morgan fingerprint density at radius 3 is 2.06 bits per heavy atom. The van der Waals surface area contributed by atoms with Crippen LogP contribution in [-0.4, -0.2) is 87.7 Å². The summed E-state index contributed by atoms with van der Waals surface area (Å²) in [4.78, 5) is 29.0. The van der Waals surface area contributed by atoms with Crippen molar-refractivity contribution in [2.24, 2.45) is 0 Å². The summed E-state index contributed by atoms with van der Waals surface area (Å²) in [6.07, 6.45) is 6.03. The molecule has 172 valence electrons. The fraction of sp³-hybridized carbons (Fsp3) is 0.667. The maximum absolute atomic E-state index is 12.7. The summed E-state index contributed by atoms with van der Waals surface area (Å²) in [5.74, 6) is 0.133. The second-order valence-corrected chi connectivity index (χ2v) is 8.88. The fourth-order valence-corrected chi connectivity index (χ4v) is 4.77. The summed E-state index contributed by atoms with van der Waals surface area (Å²) in [5, 5.41) is 6.10. The molecule has 3 rings (SSSR count). The largest absolute Gasteiger partial charge is 0.383 e. The van der Waals surface area contributed by atoms with Gasteiger partial charge in [-0.15, -0.1) is 0 Å². The average molecular weight is 431 g/mol. The molecule has 1 aliphatic carbocycles. The van der Waals surface area contributed by atoms with E-state index in [2.05, 4.69) is 50.8 Å². The second-order valence-electron chi connectivity index (χ2n) is 8.88. The van der Waals surface area contributed by atoms with E-state index in [4.69, 9.17) is 4.74 Å². The lowest BCUT2D eigenvalue weighted by Gasteiger charge is -2.38. The van der Waals surface area contributed by atoms with E-state index in [1.165, 1.54) is 24.8 Å². The van der Waals surface area contributed by atoms with E-state index in [0.29, 0.717) is 26.2 Å². The number of hydrogen-bond donors (Lipinski definition) is 2. The molecular weight excluding hydrogens is 392 g/mol. The molecule has 0 aromatic heterocycles. The first-order chi connectivity index (χ1) is 15.1. The van der Waals surface area contributed by atoms with Crippen molar-refractivity contribution < 1.29 is 14.3 Å². The molecule has 0 radical (unpaired) electrons. The smallest absolute Gasteiger partial charge is 0.234 e. The molecule has 1 aliphatic heterocycles. The van der Waals surface area contributed by atoms with Crippen LogP contribution in [-0.2, 0) is 19.7 Å². The molecule has 2 N–H and O–H groups in total. The van der Waals surface area contributed by atoms with E-state index in [1.54, 1.807) is 7.11 Å². The number of nitrogens with one attached hydrogen (secondary N) is 2. The number of ether oxygens (including phenoxy) is 1. The van der Waals surface area contributed by atoms with Crippen LogP contribution in [0, 0.1) is 0 Å². The Morgan fingerprint density at radius 1 is 0.903 bits per heavy atom. The third-order valence-electron chi connectivity index (χ3n) is 6.65.